The Hall–Kier alpha value is -1.86. The third-order valence-corrected chi connectivity index (χ3v) is 7.85. The minimum atomic E-state index is -3.89. The number of methoxy groups -OCH3 is 2. The standard InChI is InChI=1S/C20H31ClN6O5S/c1-12-6-7-17(32-12)19-24-25-20(27(19)16(10-30-4)11-31-5)26-33(28,29)14(3)13(2)18-22-8-15(21)9-23-18/h8-9,12-14,16-17H,6-7,10-11H2,1-5H3,(H,25,26)/t12-,13+,14+,17-/m1/s1. The van der Waals surface area contributed by atoms with Crippen LogP contribution in [0.4, 0.5) is 5.95 Å². The molecule has 1 aliphatic rings. The molecule has 0 aliphatic carbocycles. The summed E-state index contributed by atoms with van der Waals surface area (Å²) in [6.45, 7) is 5.89. The van der Waals surface area contributed by atoms with Gasteiger partial charge >= 0.3 is 0 Å². The SMILES string of the molecule is COCC(COC)n1c(NS(=O)(=O)[C@@H](C)[C@H](C)c2ncc(Cl)cn2)nnc1[C@H]1CC[C@@H](C)O1. The van der Waals surface area contributed by atoms with E-state index in [4.69, 9.17) is 25.8 Å². The number of hydrogen-bond acceptors (Lipinski definition) is 9. The number of rotatable bonds is 11. The van der Waals surface area contributed by atoms with E-state index in [2.05, 4.69) is 24.9 Å². The van der Waals surface area contributed by atoms with Crippen molar-refractivity contribution in [3.63, 3.8) is 0 Å². The summed E-state index contributed by atoms with van der Waals surface area (Å²) in [5.41, 5.74) is 0. The first-order chi connectivity index (χ1) is 15.7. The van der Waals surface area contributed by atoms with Crippen molar-refractivity contribution in [3.05, 3.63) is 29.1 Å². The molecule has 2 aromatic heterocycles. The van der Waals surface area contributed by atoms with Crippen LogP contribution in [0, 0.1) is 0 Å². The first kappa shape index (κ1) is 25.8. The van der Waals surface area contributed by atoms with Gasteiger partial charge in [-0.1, -0.05) is 18.5 Å². The maximum absolute atomic E-state index is 13.3. The van der Waals surface area contributed by atoms with Gasteiger partial charge in [0, 0.05) is 32.5 Å². The van der Waals surface area contributed by atoms with Crippen LogP contribution in [-0.4, -0.2) is 71.9 Å². The van der Waals surface area contributed by atoms with Crippen molar-refractivity contribution in [2.45, 2.75) is 63.0 Å². The van der Waals surface area contributed by atoms with Crippen LogP contribution in [0.25, 0.3) is 0 Å². The van der Waals surface area contributed by atoms with Crippen LogP contribution in [0.3, 0.4) is 0 Å². The second-order valence-electron chi connectivity index (χ2n) is 8.23. The summed E-state index contributed by atoms with van der Waals surface area (Å²) >= 11 is 5.85. The third kappa shape index (κ3) is 5.99. The van der Waals surface area contributed by atoms with E-state index in [1.165, 1.54) is 12.4 Å². The van der Waals surface area contributed by atoms with Crippen LogP contribution in [0.1, 0.15) is 63.3 Å². The Labute approximate surface area is 199 Å². The first-order valence-electron chi connectivity index (χ1n) is 10.7. The highest BCUT2D eigenvalue weighted by atomic mass is 35.5. The Morgan fingerprint density at radius 3 is 2.36 bits per heavy atom. The van der Waals surface area contributed by atoms with Gasteiger partial charge in [-0.3, -0.25) is 9.29 Å². The zero-order valence-corrected chi connectivity index (χ0v) is 21.0. The van der Waals surface area contributed by atoms with Crippen LogP contribution in [0.15, 0.2) is 12.4 Å². The molecule has 0 spiro atoms. The monoisotopic (exact) mass is 502 g/mol. The summed E-state index contributed by atoms with van der Waals surface area (Å²) in [6.07, 6.45) is 4.33. The quantitative estimate of drug-likeness (QED) is 0.492. The van der Waals surface area contributed by atoms with Crippen molar-refractivity contribution in [2.24, 2.45) is 0 Å². The number of hydrogen-bond donors (Lipinski definition) is 1. The summed E-state index contributed by atoms with van der Waals surface area (Å²) in [5.74, 6) is 0.508. The average Bonchev–Trinajstić information content (AvgIpc) is 3.38. The molecule has 4 atom stereocenters. The second kappa shape index (κ2) is 11.0. The van der Waals surface area contributed by atoms with Crippen LogP contribution < -0.4 is 4.72 Å². The molecular formula is C20H31ClN6O5S. The number of sulfonamides is 1. The van der Waals surface area contributed by atoms with Gasteiger partial charge in [-0.05, 0) is 26.7 Å². The van der Waals surface area contributed by atoms with Gasteiger partial charge in [-0.15, -0.1) is 10.2 Å². The molecule has 2 aromatic rings. The smallest absolute Gasteiger partial charge is 0.238 e. The lowest BCUT2D eigenvalue weighted by molar-refractivity contribution is 0.0406. The van der Waals surface area contributed by atoms with Gasteiger partial charge in [-0.25, -0.2) is 18.4 Å². The van der Waals surface area contributed by atoms with Gasteiger partial charge in [0.1, 0.15) is 11.9 Å². The maximum Gasteiger partial charge on any atom is 0.238 e. The molecule has 184 valence electrons. The molecular weight excluding hydrogens is 472 g/mol. The molecule has 0 saturated carbocycles. The number of ether oxygens (including phenoxy) is 3. The molecule has 0 aromatic carbocycles. The number of nitrogens with one attached hydrogen (secondary N) is 1. The largest absolute Gasteiger partial charge is 0.382 e. The van der Waals surface area contributed by atoms with Crippen molar-refractivity contribution < 1.29 is 22.6 Å². The molecule has 13 heteroatoms. The molecule has 1 fully saturated rings. The van der Waals surface area contributed by atoms with Crippen molar-refractivity contribution in [2.75, 3.05) is 32.2 Å². The van der Waals surface area contributed by atoms with Crippen molar-refractivity contribution in [1.82, 2.24) is 24.7 Å². The van der Waals surface area contributed by atoms with Gasteiger partial charge in [0.2, 0.25) is 16.0 Å². The minimum Gasteiger partial charge on any atom is -0.382 e. The Bertz CT molecular complexity index is 1010. The highest BCUT2D eigenvalue weighted by Crippen LogP contribution is 2.34. The molecule has 1 saturated heterocycles. The van der Waals surface area contributed by atoms with Crippen molar-refractivity contribution >= 4 is 27.6 Å². The second-order valence-corrected chi connectivity index (χ2v) is 10.7. The van der Waals surface area contributed by atoms with Crippen LogP contribution >= 0.6 is 11.6 Å². The minimum absolute atomic E-state index is 0.0864. The first-order valence-corrected chi connectivity index (χ1v) is 12.7. The van der Waals surface area contributed by atoms with E-state index in [0.29, 0.717) is 16.7 Å². The zero-order chi connectivity index (χ0) is 24.2. The molecule has 0 amide bonds. The molecule has 11 nitrogen and oxygen atoms in total. The summed E-state index contributed by atoms with van der Waals surface area (Å²) < 4.78 is 47.6. The lowest BCUT2D eigenvalue weighted by Crippen LogP contribution is -2.33. The highest BCUT2D eigenvalue weighted by Gasteiger charge is 2.35. The predicted molar refractivity (Wildman–Crippen MR) is 123 cm³/mol. The van der Waals surface area contributed by atoms with Gasteiger partial charge in [0.15, 0.2) is 5.82 Å². The molecule has 3 rings (SSSR count). The topological polar surface area (TPSA) is 130 Å². The molecule has 1 N–H and O–H groups in total. The number of anilines is 1. The highest BCUT2D eigenvalue weighted by molar-refractivity contribution is 7.93. The van der Waals surface area contributed by atoms with Gasteiger partial charge in [0.05, 0.1) is 35.6 Å². The van der Waals surface area contributed by atoms with E-state index in [1.54, 1.807) is 32.6 Å². The zero-order valence-electron chi connectivity index (χ0n) is 19.4. The lowest BCUT2D eigenvalue weighted by Gasteiger charge is -2.24. The molecule has 1 aliphatic heterocycles. The predicted octanol–water partition coefficient (Wildman–Crippen LogP) is 2.73. The van der Waals surface area contributed by atoms with Crippen molar-refractivity contribution in [1.29, 1.82) is 0 Å². The van der Waals surface area contributed by atoms with E-state index < -0.39 is 21.2 Å². The third-order valence-electron chi connectivity index (χ3n) is 5.80. The number of aromatic nitrogens is 5. The molecule has 33 heavy (non-hydrogen) atoms. The van der Waals surface area contributed by atoms with Gasteiger partial charge in [0.25, 0.3) is 0 Å². The van der Waals surface area contributed by atoms with E-state index in [9.17, 15) is 8.42 Å². The fourth-order valence-corrected chi connectivity index (χ4v) is 5.12. The fourth-order valence-electron chi connectivity index (χ4n) is 3.78. The van der Waals surface area contributed by atoms with E-state index in [0.717, 1.165) is 12.8 Å². The summed E-state index contributed by atoms with van der Waals surface area (Å²) in [7, 11) is -0.746. The average molecular weight is 503 g/mol. The number of nitrogens with zero attached hydrogens (tertiary/aromatic N) is 5. The van der Waals surface area contributed by atoms with Gasteiger partial charge < -0.3 is 14.2 Å². The lowest BCUT2D eigenvalue weighted by atomic mass is 10.1. The van der Waals surface area contributed by atoms with Crippen LogP contribution in [0.2, 0.25) is 5.02 Å². The van der Waals surface area contributed by atoms with E-state index in [1.807, 2.05) is 6.92 Å². The van der Waals surface area contributed by atoms with E-state index in [-0.39, 0.29) is 37.4 Å². The summed E-state index contributed by atoms with van der Waals surface area (Å²) in [5, 5.41) is 7.97. The summed E-state index contributed by atoms with van der Waals surface area (Å²) in [4.78, 5) is 8.32. The maximum atomic E-state index is 13.3. The molecule has 0 bridgehead atoms. The Kier molecular flexibility index (Phi) is 8.62. The molecule has 0 unspecified atom stereocenters. The molecule has 0 radical (unpaired) electrons. The Morgan fingerprint density at radius 1 is 1.18 bits per heavy atom. The Balaban J connectivity index is 1.92. The Morgan fingerprint density at radius 2 is 1.82 bits per heavy atom. The summed E-state index contributed by atoms with van der Waals surface area (Å²) in [6, 6.07) is -0.352. The van der Waals surface area contributed by atoms with Crippen LogP contribution in [-0.2, 0) is 24.2 Å². The van der Waals surface area contributed by atoms with Crippen LogP contribution in [0.5, 0.6) is 0 Å². The fraction of sp³-hybridized carbons (Fsp3) is 0.700. The van der Waals surface area contributed by atoms with Crippen molar-refractivity contribution in [3.8, 4) is 0 Å². The normalized spacial score (nSPS) is 20.8. The van der Waals surface area contributed by atoms with Gasteiger partial charge in [-0.2, -0.15) is 0 Å². The number of halogens is 1. The van der Waals surface area contributed by atoms with E-state index >= 15 is 0 Å². The molecule has 3 heterocycles.